The minimum Gasteiger partial charge on any atom is -0.489 e. The highest BCUT2D eigenvalue weighted by atomic mass is 127. The number of ether oxygens (including phenoxy) is 1. The maximum absolute atomic E-state index is 12.0. The van der Waals surface area contributed by atoms with E-state index in [-0.39, 0.29) is 42.5 Å². The molecule has 2 atom stereocenters. The normalized spacial score (nSPS) is 17.8. The minimum absolute atomic E-state index is 0. The van der Waals surface area contributed by atoms with Crippen molar-refractivity contribution in [3.05, 3.63) is 29.8 Å². The molecule has 8 heteroatoms. The molecule has 2 unspecified atom stereocenters. The molecule has 0 aromatic heterocycles. The number of amides is 1. The molecule has 1 aliphatic heterocycles. The van der Waals surface area contributed by atoms with Gasteiger partial charge in [-0.05, 0) is 51.4 Å². The standard InChI is InChI=1S/C22H37N5O2.HI/c1-6-27-13-9-11-19(27)15-24-22(25-16-21(28)26(4)5)23-14-18(3)29-20-12-8-7-10-17(20)2;/h7-8,10,12,18-19H,6,9,11,13-16H2,1-5H3,(H2,23,24,25);1H. The number of carbonyl (C=O) groups is 1. The first kappa shape index (κ1) is 26.5. The van der Waals surface area contributed by atoms with Crippen LogP contribution in [0.3, 0.4) is 0 Å². The summed E-state index contributed by atoms with van der Waals surface area (Å²) in [6.07, 6.45) is 2.39. The minimum atomic E-state index is -0.0359. The highest BCUT2D eigenvalue weighted by Gasteiger charge is 2.23. The Kier molecular flexibility index (Phi) is 12.1. The molecule has 1 aliphatic rings. The molecule has 1 aromatic carbocycles. The van der Waals surface area contributed by atoms with Gasteiger partial charge in [0.2, 0.25) is 5.91 Å². The molecule has 1 saturated heterocycles. The van der Waals surface area contributed by atoms with E-state index in [1.165, 1.54) is 12.8 Å². The lowest BCUT2D eigenvalue weighted by Gasteiger charge is -2.24. The summed E-state index contributed by atoms with van der Waals surface area (Å²) in [5.41, 5.74) is 1.11. The van der Waals surface area contributed by atoms with Crippen LogP contribution in [0.2, 0.25) is 0 Å². The third-order valence-corrected chi connectivity index (χ3v) is 5.26. The monoisotopic (exact) mass is 531 g/mol. The summed E-state index contributed by atoms with van der Waals surface area (Å²) >= 11 is 0. The van der Waals surface area contributed by atoms with Gasteiger partial charge >= 0.3 is 0 Å². The second-order valence-corrected chi connectivity index (χ2v) is 7.83. The molecule has 1 fully saturated rings. The Balaban J connectivity index is 0.00000450. The number of aryl methyl sites for hydroxylation is 1. The Hall–Kier alpha value is -1.55. The molecule has 0 spiro atoms. The van der Waals surface area contributed by atoms with Gasteiger partial charge in [0.25, 0.3) is 0 Å². The third kappa shape index (κ3) is 8.67. The molecule has 170 valence electrons. The van der Waals surface area contributed by atoms with Gasteiger partial charge in [-0.3, -0.25) is 9.69 Å². The van der Waals surface area contributed by atoms with Crippen molar-refractivity contribution in [2.75, 3.05) is 46.8 Å². The van der Waals surface area contributed by atoms with Gasteiger partial charge in [0.15, 0.2) is 5.96 Å². The molecule has 1 amide bonds. The lowest BCUT2D eigenvalue weighted by molar-refractivity contribution is -0.127. The van der Waals surface area contributed by atoms with Gasteiger partial charge in [-0.2, -0.15) is 0 Å². The van der Waals surface area contributed by atoms with Crippen molar-refractivity contribution in [2.24, 2.45) is 4.99 Å². The molecule has 1 heterocycles. The highest BCUT2D eigenvalue weighted by molar-refractivity contribution is 14.0. The fourth-order valence-corrected chi connectivity index (χ4v) is 3.41. The van der Waals surface area contributed by atoms with Crippen LogP contribution in [0.25, 0.3) is 0 Å². The number of guanidine groups is 1. The number of rotatable bonds is 9. The Morgan fingerprint density at radius 3 is 2.73 bits per heavy atom. The van der Waals surface area contributed by atoms with E-state index >= 15 is 0 Å². The van der Waals surface area contributed by atoms with Crippen molar-refractivity contribution in [3.63, 3.8) is 0 Å². The highest BCUT2D eigenvalue weighted by Crippen LogP contribution is 2.17. The van der Waals surface area contributed by atoms with Crippen LogP contribution in [0.5, 0.6) is 5.75 Å². The lowest BCUT2D eigenvalue weighted by atomic mass is 10.2. The van der Waals surface area contributed by atoms with E-state index in [0.29, 0.717) is 18.5 Å². The number of hydrogen-bond donors (Lipinski definition) is 2. The summed E-state index contributed by atoms with van der Waals surface area (Å²) in [6, 6.07) is 8.51. The van der Waals surface area contributed by atoms with Gasteiger partial charge in [0.1, 0.15) is 18.4 Å². The first-order valence-electron chi connectivity index (χ1n) is 10.6. The van der Waals surface area contributed by atoms with Crippen LogP contribution >= 0.6 is 24.0 Å². The molecule has 0 saturated carbocycles. The number of likely N-dealkylation sites (N-methyl/N-ethyl adjacent to an activating group) is 2. The number of nitrogens with zero attached hydrogens (tertiary/aromatic N) is 3. The van der Waals surface area contributed by atoms with Gasteiger partial charge in [0.05, 0.1) is 6.54 Å². The van der Waals surface area contributed by atoms with Crippen molar-refractivity contribution >= 4 is 35.8 Å². The van der Waals surface area contributed by atoms with Crippen molar-refractivity contribution in [2.45, 2.75) is 45.8 Å². The predicted octanol–water partition coefficient (Wildman–Crippen LogP) is 2.49. The summed E-state index contributed by atoms with van der Waals surface area (Å²) in [4.78, 5) is 20.5. The number of aliphatic imine (C=N–C) groups is 1. The zero-order valence-corrected chi connectivity index (χ0v) is 21.3. The molecular formula is C22H38IN5O2. The number of likely N-dealkylation sites (tertiary alicyclic amines) is 1. The zero-order valence-electron chi connectivity index (χ0n) is 19.0. The second-order valence-electron chi connectivity index (χ2n) is 7.83. The predicted molar refractivity (Wildman–Crippen MR) is 134 cm³/mol. The average Bonchev–Trinajstić information content (AvgIpc) is 3.16. The van der Waals surface area contributed by atoms with E-state index in [9.17, 15) is 4.79 Å². The first-order valence-corrected chi connectivity index (χ1v) is 10.6. The Bertz CT molecular complexity index is 683. The first-order chi connectivity index (χ1) is 13.9. The zero-order chi connectivity index (χ0) is 21.2. The van der Waals surface area contributed by atoms with E-state index in [2.05, 4.69) is 27.4 Å². The number of carbonyl (C=O) groups excluding carboxylic acids is 1. The number of hydrogen-bond acceptors (Lipinski definition) is 4. The molecule has 0 bridgehead atoms. The van der Waals surface area contributed by atoms with E-state index in [4.69, 9.17) is 4.74 Å². The third-order valence-electron chi connectivity index (χ3n) is 5.26. The number of nitrogens with one attached hydrogen (secondary N) is 2. The van der Waals surface area contributed by atoms with Crippen LogP contribution in [-0.4, -0.2) is 80.6 Å². The van der Waals surface area contributed by atoms with Crippen molar-refractivity contribution in [1.82, 2.24) is 20.4 Å². The summed E-state index contributed by atoms with van der Waals surface area (Å²) in [7, 11) is 3.49. The molecular weight excluding hydrogens is 493 g/mol. The number of benzene rings is 1. The SMILES string of the molecule is CCN1CCCC1CNC(=NCC(=O)N(C)C)NCC(C)Oc1ccccc1C.I. The second kappa shape index (κ2) is 13.7. The van der Waals surface area contributed by atoms with Crippen LogP contribution in [0.15, 0.2) is 29.3 Å². The summed E-state index contributed by atoms with van der Waals surface area (Å²) in [5.74, 6) is 1.52. The largest absolute Gasteiger partial charge is 0.489 e. The van der Waals surface area contributed by atoms with Gasteiger partial charge in [-0.1, -0.05) is 25.1 Å². The van der Waals surface area contributed by atoms with Crippen LogP contribution in [0, 0.1) is 6.92 Å². The molecule has 30 heavy (non-hydrogen) atoms. The Morgan fingerprint density at radius 1 is 1.33 bits per heavy atom. The maximum Gasteiger partial charge on any atom is 0.243 e. The number of para-hydroxylation sites is 1. The van der Waals surface area contributed by atoms with E-state index in [0.717, 1.165) is 30.9 Å². The van der Waals surface area contributed by atoms with E-state index in [1.807, 2.05) is 38.1 Å². The molecule has 2 N–H and O–H groups in total. The van der Waals surface area contributed by atoms with Crippen LogP contribution in [0.4, 0.5) is 0 Å². The van der Waals surface area contributed by atoms with Crippen molar-refractivity contribution in [3.8, 4) is 5.75 Å². The lowest BCUT2D eigenvalue weighted by Crippen LogP contribution is -2.47. The molecule has 1 aromatic rings. The topological polar surface area (TPSA) is 69.2 Å². The maximum atomic E-state index is 12.0. The van der Waals surface area contributed by atoms with Crippen LogP contribution in [0.1, 0.15) is 32.3 Å². The van der Waals surface area contributed by atoms with Gasteiger partial charge in [0, 0.05) is 26.7 Å². The van der Waals surface area contributed by atoms with Crippen molar-refractivity contribution in [1.29, 1.82) is 0 Å². The average molecular weight is 531 g/mol. The number of halogens is 1. The quantitative estimate of drug-likeness (QED) is 0.291. The summed E-state index contributed by atoms with van der Waals surface area (Å²) in [6.45, 7) is 10.0. The van der Waals surface area contributed by atoms with Crippen molar-refractivity contribution < 1.29 is 9.53 Å². The smallest absolute Gasteiger partial charge is 0.243 e. The molecule has 0 aliphatic carbocycles. The van der Waals surface area contributed by atoms with E-state index in [1.54, 1.807) is 19.0 Å². The molecule has 0 radical (unpaired) electrons. The molecule has 7 nitrogen and oxygen atoms in total. The fraction of sp³-hybridized carbons (Fsp3) is 0.636. The summed E-state index contributed by atoms with van der Waals surface area (Å²) < 4.78 is 6.04. The molecule has 2 rings (SSSR count). The van der Waals surface area contributed by atoms with Gasteiger partial charge in [-0.15, -0.1) is 24.0 Å². The Labute approximate surface area is 198 Å². The summed E-state index contributed by atoms with van der Waals surface area (Å²) in [5, 5.41) is 6.76. The van der Waals surface area contributed by atoms with Crippen LogP contribution < -0.4 is 15.4 Å². The van der Waals surface area contributed by atoms with E-state index < -0.39 is 0 Å². The van der Waals surface area contributed by atoms with Crippen LogP contribution in [-0.2, 0) is 4.79 Å². The van der Waals surface area contributed by atoms with Gasteiger partial charge < -0.3 is 20.3 Å². The Morgan fingerprint density at radius 2 is 2.07 bits per heavy atom. The fourth-order valence-electron chi connectivity index (χ4n) is 3.41. The van der Waals surface area contributed by atoms with Gasteiger partial charge in [-0.25, -0.2) is 4.99 Å².